The van der Waals surface area contributed by atoms with E-state index in [2.05, 4.69) is 6.92 Å². The van der Waals surface area contributed by atoms with Crippen LogP contribution in [-0.2, 0) is 13.3 Å². The molecule has 0 rings (SSSR count). The van der Waals surface area contributed by atoms with E-state index in [9.17, 15) is 0 Å². The number of hydrogen-bond acceptors (Lipinski definition) is 4. The quantitative estimate of drug-likeness (QED) is 0.629. The third-order valence-corrected chi connectivity index (χ3v) is 5.79. The van der Waals surface area contributed by atoms with Crippen molar-refractivity contribution in [3.8, 4) is 0 Å². The van der Waals surface area contributed by atoms with Crippen LogP contribution in [0.3, 0.4) is 0 Å². The maximum absolute atomic E-state index is 5.58. The molecule has 5 heteroatoms. The molecule has 0 aromatic rings. The fourth-order valence-corrected chi connectivity index (χ4v) is 4.46. The van der Waals surface area contributed by atoms with Gasteiger partial charge in [0.15, 0.2) is 0 Å². The highest BCUT2D eigenvalue weighted by atomic mass is 28.4. The molecule has 1 unspecified atom stereocenters. The average molecular weight is 221 g/mol. The molecular formula is C9H23NO3Si. The van der Waals surface area contributed by atoms with Crippen molar-refractivity contribution < 1.29 is 13.3 Å². The van der Waals surface area contributed by atoms with E-state index in [1.165, 1.54) is 0 Å². The predicted molar refractivity (Wildman–Crippen MR) is 59.1 cm³/mol. The zero-order valence-electron chi connectivity index (χ0n) is 9.71. The third-order valence-electron chi connectivity index (χ3n) is 2.51. The molecule has 1 atom stereocenters. The Balaban J connectivity index is 4.52. The van der Waals surface area contributed by atoms with Crippen LogP contribution in [0.25, 0.3) is 0 Å². The molecule has 0 radical (unpaired) electrons. The summed E-state index contributed by atoms with van der Waals surface area (Å²) in [5, 5.41) is 0. The van der Waals surface area contributed by atoms with E-state index in [0.717, 1.165) is 19.3 Å². The summed E-state index contributed by atoms with van der Waals surface area (Å²) < 4.78 is 16.3. The number of hydrogen-bond donors (Lipinski definition) is 1. The molecule has 2 N–H and O–H groups in total. The first-order chi connectivity index (χ1) is 6.70. The summed E-state index contributed by atoms with van der Waals surface area (Å²) >= 11 is 0. The largest absolute Gasteiger partial charge is 0.503 e. The highest BCUT2D eigenvalue weighted by molar-refractivity contribution is 6.62. The topological polar surface area (TPSA) is 53.7 Å². The van der Waals surface area contributed by atoms with Crippen molar-refractivity contribution in [2.75, 3.05) is 27.9 Å². The van der Waals surface area contributed by atoms with Crippen molar-refractivity contribution in [1.82, 2.24) is 0 Å². The van der Waals surface area contributed by atoms with Gasteiger partial charge in [0.25, 0.3) is 0 Å². The molecule has 0 aromatic carbocycles. The monoisotopic (exact) mass is 221 g/mol. The Morgan fingerprint density at radius 3 is 1.86 bits per heavy atom. The van der Waals surface area contributed by atoms with Crippen LogP contribution in [0.2, 0.25) is 5.54 Å². The molecule has 0 heterocycles. The second kappa shape index (κ2) is 7.36. The molecule has 14 heavy (non-hydrogen) atoms. The van der Waals surface area contributed by atoms with Crippen LogP contribution in [0.1, 0.15) is 26.2 Å². The van der Waals surface area contributed by atoms with Crippen LogP contribution in [0.15, 0.2) is 0 Å². The van der Waals surface area contributed by atoms with Gasteiger partial charge in [0.05, 0.1) is 0 Å². The Labute approximate surface area is 88.1 Å². The molecule has 0 spiro atoms. The summed E-state index contributed by atoms with van der Waals surface area (Å²) in [4.78, 5) is 0. The Hall–Kier alpha value is 0.0569. The van der Waals surface area contributed by atoms with Gasteiger partial charge in [-0.15, -0.1) is 0 Å². The maximum atomic E-state index is 5.58. The summed E-state index contributed by atoms with van der Waals surface area (Å²) in [7, 11) is 2.48. The van der Waals surface area contributed by atoms with E-state index in [0.29, 0.717) is 12.1 Å². The van der Waals surface area contributed by atoms with E-state index in [1.807, 2.05) is 0 Å². The van der Waals surface area contributed by atoms with Crippen molar-refractivity contribution >= 4 is 8.80 Å². The van der Waals surface area contributed by atoms with Gasteiger partial charge in [-0.3, -0.25) is 0 Å². The van der Waals surface area contributed by atoms with Crippen LogP contribution in [0.4, 0.5) is 0 Å². The van der Waals surface area contributed by atoms with E-state index in [4.69, 9.17) is 19.0 Å². The SMILES string of the molecule is CCCC(CCN)[Si](OC)(OC)OC. The summed E-state index contributed by atoms with van der Waals surface area (Å²) in [5.74, 6) is 0. The molecule has 0 saturated carbocycles. The van der Waals surface area contributed by atoms with Crippen LogP contribution >= 0.6 is 0 Å². The molecule has 0 aromatic heterocycles. The van der Waals surface area contributed by atoms with Crippen molar-refractivity contribution in [2.24, 2.45) is 5.73 Å². The fraction of sp³-hybridized carbons (Fsp3) is 1.00. The van der Waals surface area contributed by atoms with Crippen LogP contribution in [-0.4, -0.2) is 36.7 Å². The second-order valence-electron chi connectivity index (χ2n) is 3.28. The molecule has 0 fully saturated rings. The number of rotatable bonds is 8. The summed E-state index contributed by atoms with van der Waals surface area (Å²) in [6.07, 6.45) is 3.03. The van der Waals surface area contributed by atoms with Gasteiger partial charge in [0, 0.05) is 26.9 Å². The Morgan fingerprint density at radius 1 is 1.07 bits per heavy atom. The molecule has 4 nitrogen and oxygen atoms in total. The Bertz CT molecular complexity index is 128. The van der Waals surface area contributed by atoms with Gasteiger partial charge in [-0.25, -0.2) is 0 Å². The smallest absolute Gasteiger partial charge is 0.377 e. The zero-order valence-corrected chi connectivity index (χ0v) is 10.7. The minimum Gasteiger partial charge on any atom is -0.377 e. The van der Waals surface area contributed by atoms with Gasteiger partial charge in [0.2, 0.25) is 0 Å². The lowest BCUT2D eigenvalue weighted by Crippen LogP contribution is -2.48. The van der Waals surface area contributed by atoms with E-state index in [1.54, 1.807) is 21.3 Å². The number of nitrogens with two attached hydrogens (primary N) is 1. The standard InChI is InChI=1S/C9H23NO3Si/c1-5-6-9(7-8-10)14(11-2,12-3)13-4/h9H,5-8,10H2,1-4H3. The van der Waals surface area contributed by atoms with E-state index >= 15 is 0 Å². The summed E-state index contributed by atoms with van der Waals surface area (Å²) in [5.41, 5.74) is 5.89. The lowest BCUT2D eigenvalue weighted by Gasteiger charge is -2.32. The van der Waals surface area contributed by atoms with Gasteiger partial charge in [-0.1, -0.05) is 13.3 Å². The predicted octanol–water partition coefficient (Wildman–Crippen LogP) is 1.38. The maximum Gasteiger partial charge on any atom is 0.503 e. The lowest BCUT2D eigenvalue weighted by atomic mass is 10.2. The van der Waals surface area contributed by atoms with Crippen LogP contribution in [0.5, 0.6) is 0 Å². The minimum atomic E-state index is -2.47. The average Bonchev–Trinajstić information content (AvgIpc) is 2.22. The van der Waals surface area contributed by atoms with Crippen molar-refractivity contribution in [1.29, 1.82) is 0 Å². The van der Waals surface area contributed by atoms with Gasteiger partial charge >= 0.3 is 8.80 Å². The zero-order chi connectivity index (χ0) is 11.0. The van der Waals surface area contributed by atoms with Crippen molar-refractivity contribution in [2.45, 2.75) is 31.7 Å². The van der Waals surface area contributed by atoms with E-state index in [-0.39, 0.29) is 0 Å². The fourth-order valence-electron chi connectivity index (χ4n) is 1.80. The normalized spacial score (nSPS) is 14.4. The molecule has 0 bridgehead atoms. The van der Waals surface area contributed by atoms with Crippen LogP contribution < -0.4 is 5.73 Å². The Kier molecular flexibility index (Phi) is 7.39. The second-order valence-corrected chi connectivity index (χ2v) is 6.53. The first-order valence-electron chi connectivity index (χ1n) is 5.06. The first kappa shape index (κ1) is 14.1. The first-order valence-corrected chi connectivity index (χ1v) is 6.86. The molecule has 86 valence electrons. The molecule has 0 aliphatic rings. The van der Waals surface area contributed by atoms with Gasteiger partial charge < -0.3 is 19.0 Å². The third kappa shape index (κ3) is 3.32. The molecule has 0 amide bonds. The summed E-state index contributed by atoms with van der Waals surface area (Å²) in [6, 6.07) is 0. The highest BCUT2D eigenvalue weighted by Crippen LogP contribution is 2.31. The van der Waals surface area contributed by atoms with Gasteiger partial charge in [0.1, 0.15) is 0 Å². The Morgan fingerprint density at radius 2 is 1.57 bits per heavy atom. The van der Waals surface area contributed by atoms with Crippen molar-refractivity contribution in [3.63, 3.8) is 0 Å². The molecule has 0 saturated heterocycles. The van der Waals surface area contributed by atoms with Crippen LogP contribution in [0, 0.1) is 0 Å². The van der Waals surface area contributed by atoms with Gasteiger partial charge in [-0.2, -0.15) is 0 Å². The molecule has 0 aliphatic heterocycles. The summed E-state index contributed by atoms with van der Waals surface area (Å²) in [6.45, 7) is 2.79. The highest BCUT2D eigenvalue weighted by Gasteiger charge is 2.45. The molecular weight excluding hydrogens is 198 g/mol. The lowest BCUT2D eigenvalue weighted by molar-refractivity contribution is 0.108. The minimum absolute atomic E-state index is 0.317. The molecule has 0 aliphatic carbocycles. The van der Waals surface area contributed by atoms with E-state index < -0.39 is 8.80 Å². The van der Waals surface area contributed by atoms with Crippen molar-refractivity contribution in [3.05, 3.63) is 0 Å². The van der Waals surface area contributed by atoms with Gasteiger partial charge in [-0.05, 0) is 19.4 Å².